The quantitative estimate of drug-likeness (QED) is 0.652. The maximum atomic E-state index is 12.2. The Morgan fingerprint density at radius 1 is 1.12 bits per heavy atom. The smallest absolute Gasteiger partial charge is 0.149 e. The van der Waals surface area contributed by atoms with Crippen LogP contribution in [0.2, 0.25) is 0 Å². The molecule has 4 unspecified atom stereocenters. The third-order valence-corrected chi connectivity index (χ3v) is 4.82. The number of carbonyl (C=O) groups is 1. The van der Waals surface area contributed by atoms with Crippen LogP contribution in [0.5, 0.6) is 0 Å². The number of ketones is 1. The number of hydrogen-bond acceptors (Lipinski definition) is 2. The lowest BCUT2D eigenvalue weighted by molar-refractivity contribution is -0.126. The Morgan fingerprint density at radius 3 is 2.65 bits per heavy atom. The van der Waals surface area contributed by atoms with Crippen molar-refractivity contribution in [2.45, 2.75) is 71.4 Å². The molecule has 1 saturated carbocycles. The van der Waals surface area contributed by atoms with Gasteiger partial charge in [-0.1, -0.05) is 26.7 Å². The lowest BCUT2D eigenvalue weighted by Crippen LogP contribution is -2.53. The highest BCUT2D eigenvalue weighted by molar-refractivity contribution is 5.84. The molecule has 1 heterocycles. The summed E-state index contributed by atoms with van der Waals surface area (Å²) in [7, 11) is 0. The Labute approximate surface area is 106 Å². The molecule has 0 N–H and O–H groups in total. The Morgan fingerprint density at radius 2 is 1.88 bits per heavy atom. The van der Waals surface area contributed by atoms with Crippen LogP contribution in [-0.2, 0) is 4.79 Å². The van der Waals surface area contributed by atoms with Gasteiger partial charge in [0.25, 0.3) is 0 Å². The number of hydrogen-bond donors (Lipinski definition) is 0. The minimum absolute atomic E-state index is 0.234. The summed E-state index contributed by atoms with van der Waals surface area (Å²) in [6.45, 7) is 8.11. The molecule has 2 nitrogen and oxygen atoms in total. The molecule has 1 saturated heterocycles. The summed E-state index contributed by atoms with van der Waals surface area (Å²) in [5, 5.41) is 0. The molecule has 2 rings (SSSR count). The highest BCUT2D eigenvalue weighted by Crippen LogP contribution is 2.31. The average Bonchev–Trinajstić information content (AvgIpc) is 2.48. The van der Waals surface area contributed by atoms with Crippen LogP contribution < -0.4 is 0 Å². The fraction of sp³-hybridized carbons (Fsp3) is 0.933. The third-order valence-electron chi connectivity index (χ3n) is 4.82. The van der Waals surface area contributed by atoms with Gasteiger partial charge in [-0.25, -0.2) is 0 Å². The molecule has 0 spiro atoms. The first-order chi connectivity index (χ1) is 8.09. The highest BCUT2D eigenvalue weighted by atomic mass is 16.1. The van der Waals surface area contributed by atoms with Gasteiger partial charge in [0.1, 0.15) is 5.78 Å². The molecule has 17 heavy (non-hydrogen) atoms. The van der Waals surface area contributed by atoms with E-state index in [0.29, 0.717) is 11.8 Å². The van der Waals surface area contributed by atoms with Gasteiger partial charge in [0.2, 0.25) is 0 Å². The van der Waals surface area contributed by atoms with Gasteiger partial charge in [-0.15, -0.1) is 0 Å². The lowest BCUT2D eigenvalue weighted by atomic mass is 9.84. The second-order valence-electron chi connectivity index (χ2n) is 6.34. The topological polar surface area (TPSA) is 20.3 Å². The summed E-state index contributed by atoms with van der Waals surface area (Å²) in [4.78, 5) is 14.8. The summed E-state index contributed by atoms with van der Waals surface area (Å²) in [5.41, 5.74) is 0. The summed E-state index contributed by atoms with van der Waals surface area (Å²) in [5.74, 6) is 1.99. The molecule has 0 aromatic heterocycles. The fourth-order valence-corrected chi connectivity index (χ4v) is 3.66. The van der Waals surface area contributed by atoms with E-state index in [4.69, 9.17) is 0 Å². The lowest BCUT2D eigenvalue weighted by Gasteiger charge is -2.44. The van der Waals surface area contributed by atoms with Crippen molar-refractivity contribution in [3.05, 3.63) is 0 Å². The number of piperidine rings is 1. The van der Waals surface area contributed by atoms with Crippen molar-refractivity contribution in [3.8, 4) is 0 Å². The molecule has 2 fully saturated rings. The zero-order valence-corrected chi connectivity index (χ0v) is 11.6. The Balaban J connectivity index is 2.10. The van der Waals surface area contributed by atoms with E-state index in [1.807, 2.05) is 0 Å². The molecular formula is C15H27NO. The van der Waals surface area contributed by atoms with Gasteiger partial charge in [0, 0.05) is 19.0 Å². The Kier molecular flexibility index (Phi) is 4.24. The van der Waals surface area contributed by atoms with E-state index in [-0.39, 0.29) is 6.04 Å². The van der Waals surface area contributed by atoms with Crippen LogP contribution in [0.25, 0.3) is 0 Å². The van der Waals surface area contributed by atoms with Gasteiger partial charge < -0.3 is 0 Å². The maximum absolute atomic E-state index is 12.2. The van der Waals surface area contributed by atoms with E-state index in [2.05, 4.69) is 25.7 Å². The third kappa shape index (κ3) is 2.90. The van der Waals surface area contributed by atoms with Gasteiger partial charge in [0.15, 0.2) is 0 Å². The van der Waals surface area contributed by atoms with Gasteiger partial charge in [-0.2, -0.15) is 0 Å². The molecule has 1 aliphatic heterocycles. The predicted molar refractivity (Wildman–Crippen MR) is 71.0 cm³/mol. The van der Waals surface area contributed by atoms with E-state index in [1.54, 1.807) is 0 Å². The van der Waals surface area contributed by atoms with Crippen molar-refractivity contribution in [2.24, 2.45) is 11.8 Å². The van der Waals surface area contributed by atoms with Gasteiger partial charge in [0.05, 0.1) is 6.04 Å². The van der Waals surface area contributed by atoms with Crippen LogP contribution in [0.1, 0.15) is 59.3 Å². The van der Waals surface area contributed by atoms with E-state index in [0.717, 1.165) is 37.6 Å². The summed E-state index contributed by atoms with van der Waals surface area (Å²) >= 11 is 0. The standard InChI is InChI=1S/C15H27NO/c1-11-9-12(2)13(3)16(10-11)14-7-5-4-6-8-15(14)17/h11-14H,4-10H2,1-3H3. The molecule has 2 heteroatoms. The second kappa shape index (κ2) is 5.51. The van der Waals surface area contributed by atoms with Crippen LogP contribution >= 0.6 is 0 Å². The summed E-state index contributed by atoms with van der Waals surface area (Å²) in [6.07, 6.45) is 6.83. The van der Waals surface area contributed by atoms with Crippen molar-refractivity contribution in [3.63, 3.8) is 0 Å². The molecule has 0 amide bonds. The number of rotatable bonds is 1. The predicted octanol–water partition coefficient (Wildman–Crippen LogP) is 3.25. The number of likely N-dealkylation sites (tertiary alicyclic amines) is 1. The Bertz CT molecular complexity index is 276. The van der Waals surface area contributed by atoms with Crippen molar-refractivity contribution >= 4 is 5.78 Å². The molecule has 0 bridgehead atoms. The van der Waals surface area contributed by atoms with Crippen molar-refractivity contribution in [1.29, 1.82) is 0 Å². The largest absolute Gasteiger partial charge is 0.298 e. The van der Waals surface area contributed by atoms with Crippen LogP contribution in [0.3, 0.4) is 0 Å². The van der Waals surface area contributed by atoms with Crippen LogP contribution in [0, 0.1) is 11.8 Å². The van der Waals surface area contributed by atoms with Crippen molar-refractivity contribution in [1.82, 2.24) is 4.90 Å². The van der Waals surface area contributed by atoms with E-state index in [1.165, 1.54) is 19.3 Å². The number of carbonyl (C=O) groups excluding carboxylic acids is 1. The van der Waals surface area contributed by atoms with Gasteiger partial charge in [-0.05, 0) is 38.0 Å². The first-order valence-electron chi connectivity index (χ1n) is 7.38. The molecular weight excluding hydrogens is 210 g/mol. The molecule has 4 atom stereocenters. The highest BCUT2D eigenvalue weighted by Gasteiger charge is 2.36. The first-order valence-corrected chi connectivity index (χ1v) is 7.38. The molecule has 2 aliphatic rings. The summed E-state index contributed by atoms with van der Waals surface area (Å²) < 4.78 is 0. The van der Waals surface area contributed by atoms with Crippen LogP contribution in [0.4, 0.5) is 0 Å². The number of Topliss-reactive ketones (excluding diaryl/α,β-unsaturated/α-hetero) is 1. The fourth-order valence-electron chi connectivity index (χ4n) is 3.66. The molecule has 0 aromatic rings. The summed E-state index contributed by atoms with van der Waals surface area (Å²) in [6, 6.07) is 0.816. The Hall–Kier alpha value is -0.370. The van der Waals surface area contributed by atoms with E-state index >= 15 is 0 Å². The monoisotopic (exact) mass is 237 g/mol. The van der Waals surface area contributed by atoms with Crippen LogP contribution in [-0.4, -0.2) is 29.3 Å². The normalized spacial score (nSPS) is 41.2. The number of nitrogens with zero attached hydrogens (tertiary/aromatic N) is 1. The molecule has 0 radical (unpaired) electrons. The minimum atomic E-state index is 0.234. The van der Waals surface area contributed by atoms with Gasteiger partial charge in [-0.3, -0.25) is 9.69 Å². The second-order valence-corrected chi connectivity index (χ2v) is 6.34. The molecule has 98 valence electrons. The van der Waals surface area contributed by atoms with Crippen molar-refractivity contribution < 1.29 is 4.79 Å². The molecule has 0 aromatic carbocycles. The minimum Gasteiger partial charge on any atom is -0.298 e. The van der Waals surface area contributed by atoms with Crippen molar-refractivity contribution in [2.75, 3.05) is 6.54 Å². The zero-order valence-electron chi connectivity index (χ0n) is 11.6. The zero-order chi connectivity index (χ0) is 12.4. The SMILES string of the molecule is CC1CC(C)C(C)N(C2CCCCCC2=O)C1. The van der Waals surface area contributed by atoms with E-state index in [9.17, 15) is 4.79 Å². The van der Waals surface area contributed by atoms with E-state index < -0.39 is 0 Å². The molecule has 1 aliphatic carbocycles. The maximum Gasteiger partial charge on any atom is 0.149 e. The average molecular weight is 237 g/mol. The first kappa shape index (κ1) is 13.1. The van der Waals surface area contributed by atoms with Crippen LogP contribution in [0.15, 0.2) is 0 Å². The van der Waals surface area contributed by atoms with Gasteiger partial charge >= 0.3 is 0 Å².